The van der Waals surface area contributed by atoms with Crippen molar-refractivity contribution in [2.75, 3.05) is 20.3 Å². The molecule has 0 unspecified atom stereocenters. The first-order valence-corrected chi connectivity index (χ1v) is 4.81. The van der Waals surface area contributed by atoms with Gasteiger partial charge in [-0.1, -0.05) is 0 Å². The zero-order valence-electron chi connectivity index (χ0n) is 8.99. The third-order valence-corrected chi connectivity index (χ3v) is 1.84. The van der Waals surface area contributed by atoms with Gasteiger partial charge in [0.05, 0.1) is 5.69 Å². The molecular weight excluding hydrogens is 194 g/mol. The van der Waals surface area contributed by atoms with E-state index in [1.807, 2.05) is 6.92 Å². The fourth-order valence-electron chi connectivity index (χ4n) is 1.03. The van der Waals surface area contributed by atoms with Gasteiger partial charge in [0, 0.05) is 20.3 Å². The number of hydrogen-bond donors (Lipinski definition) is 1. The monoisotopic (exact) mass is 209 g/mol. The first-order chi connectivity index (χ1) is 7.24. The van der Waals surface area contributed by atoms with Crippen molar-refractivity contribution in [1.29, 1.82) is 0 Å². The van der Waals surface area contributed by atoms with Crippen molar-refractivity contribution < 1.29 is 9.53 Å². The summed E-state index contributed by atoms with van der Waals surface area (Å²) in [5.74, 6) is -0.196. The third-order valence-electron chi connectivity index (χ3n) is 1.84. The average Bonchev–Trinajstić information content (AvgIpc) is 2.25. The Morgan fingerprint density at radius 3 is 2.87 bits per heavy atom. The molecule has 1 heterocycles. The number of nitrogens with zero attached hydrogens (tertiary/aromatic N) is 2. The van der Waals surface area contributed by atoms with E-state index in [0.29, 0.717) is 18.8 Å². The van der Waals surface area contributed by atoms with Crippen LogP contribution in [0.1, 0.15) is 22.6 Å². The van der Waals surface area contributed by atoms with Gasteiger partial charge >= 0.3 is 0 Å². The smallest absolute Gasteiger partial charge is 0.271 e. The summed E-state index contributed by atoms with van der Waals surface area (Å²) in [7, 11) is 1.63. The average molecular weight is 209 g/mol. The second-order valence-electron chi connectivity index (χ2n) is 3.16. The van der Waals surface area contributed by atoms with Gasteiger partial charge in [0.1, 0.15) is 0 Å². The first kappa shape index (κ1) is 11.6. The van der Waals surface area contributed by atoms with Crippen LogP contribution in [0, 0.1) is 6.92 Å². The van der Waals surface area contributed by atoms with E-state index in [4.69, 9.17) is 4.74 Å². The molecular formula is C10H15N3O2. The molecule has 0 aliphatic carbocycles. The minimum absolute atomic E-state index is 0.196. The van der Waals surface area contributed by atoms with Crippen LogP contribution in [0.2, 0.25) is 0 Å². The summed E-state index contributed by atoms with van der Waals surface area (Å²) in [6, 6.07) is 3.42. The number of hydrogen-bond acceptors (Lipinski definition) is 4. The molecule has 1 amide bonds. The second-order valence-corrected chi connectivity index (χ2v) is 3.16. The van der Waals surface area contributed by atoms with E-state index in [9.17, 15) is 4.79 Å². The van der Waals surface area contributed by atoms with Crippen LogP contribution < -0.4 is 5.32 Å². The molecule has 0 saturated heterocycles. The first-order valence-electron chi connectivity index (χ1n) is 4.81. The Labute approximate surface area is 88.9 Å². The van der Waals surface area contributed by atoms with Crippen molar-refractivity contribution in [2.45, 2.75) is 13.3 Å². The quantitative estimate of drug-likeness (QED) is 0.719. The molecule has 15 heavy (non-hydrogen) atoms. The van der Waals surface area contributed by atoms with Gasteiger partial charge in [-0.05, 0) is 25.5 Å². The van der Waals surface area contributed by atoms with Gasteiger partial charge in [0.2, 0.25) is 0 Å². The van der Waals surface area contributed by atoms with Gasteiger partial charge < -0.3 is 10.1 Å². The van der Waals surface area contributed by atoms with Crippen molar-refractivity contribution in [3.8, 4) is 0 Å². The summed E-state index contributed by atoms with van der Waals surface area (Å²) in [6.07, 6.45) is 0.793. The highest BCUT2D eigenvalue weighted by Crippen LogP contribution is 1.94. The van der Waals surface area contributed by atoms with E-state index >= 15 is 0 Å². The van der Waals surface area contributed by atoms with E-state index in [2.05, 4.69) is 15.5 Å². The van der Waals surface area contributed by atoms with Crippen LogP contribution >= 0.6 is 0 Å². The van der Waals surface area contributed by atoms with Crippen LogP contribution in [0.3, 0.4) is 0 Å². The lowest BCUT2D eigenvalue weighted by atomic mass is 10.3. The number of aromatic nitrogens is 2. The lowest BCUT2D eigenvalue weighted by molar-refractivity contribution is 0.0942. The topological polar surface area (TPSA) is 64.1 Å². The van der Waals surface area contributed by atoms with E-state index in [1.165, 1.54) is 0 Å². The summed E-state index contributed by atoms with van der Waals surface area (Å²) in [4.78, 5) is 11.5. The molecule has 0 atom stereocenters. The van der Waals surface area contributed by atoms with Crippen LogP contribution in [-0.4, -0.2) is 36.4 Å². The van der Waals surface area contributed by atoms with Crippen LogP contribution in [-0.2, 0) is 4.74 Å². The fraction of sp³-hybridized carbons (Fsp3) is 0.500. The molecule has 0 aliphatic heterocycles. The molecule has 5 heteroatoms. The predicted octanol–water partition coefficient (Wildman–Crippen LogP) is 0.551. The Morgan fingerprint density at radius 1 is 1.47 bits per heavy atom. The summed E-state index contributed by atoms with van der Waals surface area (Å²) in [5, 5.41) is 10.3. The maximum absolute atomic E-state index is 11.5. The third kappa shape index (κ3) is 4.03. The molecule has 0 spiro atoms. The number of rotatable bonds is 5. The Hall–Kier alpha value is -1.49. The number of carbonyl (C=O) groups excluding carboxylic acids is 1. The van der Waals surface area contributed by atoms with E-state index < -0.39 is 0 Å². The van der Waals surface area contributed by atoms with Crippen molar-refractivity contribution >= 4 is 5.91 Å². The molecule has 1 aromatic heterocycles. The van der Waals surface area contributed by atoms with Crippen LogP contribution in [0.5, 0.6) is 0 Å². The molecule has 0 saturated carbocycles. The Morgan fingerprint density at radius 2 is 2.27 bits per heavy atom. The summed E-state index contributed by atoms with van der Waals surface area (Å²) in [6.45, 7) is 3.05. The second kappa shape index (κ2) is 6.08. The summed E-state index contributed by atoms with van der Waals surface area (Å²) in [5.41, 5.74) is 1.14. The van der Waals surface area contributed by atoms with Gasteiger partial charge in [0.15, 0.2) is 5.69 Å². The van der Waals surface area contributed by atoms with Crippen LogP contribution in [0.25, 0.3) is 0 Å². The molecule has 0 aromatic carbocycles. The Bertz CT molecular complexity index is 311. The van der Waals surface area contributed by atoms with Crippen molar-refractivity contribution in [2.24, 2.45) is 0 Å². The van der Waals surface area contributed by atoms with Gasteiger partial charge in [-0.2, -0.15) is 5.10 Å². The molecule has 82 valence electrons. The van der Waals surface area contributed by atoms with E-state index in [0.717, 1.165) is 12.1 Å². The number of nitrogens with one attached hydrogen (secondary N) is 1. The minimum Gasteiger partial charge on any atom is -0.385 e. The summed E-state index contributed by atoms with van der Waals surface area (Å²) < 4.78 is 4.87. The van der Waals surface area contributed by atoms with Gasteiger partial charge in [0.25, 0.3) is 5.91 Å². The molecule has 1 N–H and O–H groups in total. The standard InChI is InChI=1S/C10H15N3O2/c1-8-4-5-9(13-12-8)10(14)11-6-3-7-15-2/h4-5H,3,6-7H2,1-2H3,(H,11,14). The van der Waals surface area contributed by atoms with Crippen LogP contribution in [0.15, 0.2) is 12.1 Å². The molecule has 0 fully saturated rings. The molecule has 0 radical (unpaired) electrons. The lowest BCUT2D eigenvalue weighted by Gasteiger charge is -2.03. The fourth-order valence-corrected chi connectivity index (χ4v) is 1.03. The number of methoxy groups -OCH3 is 1. The number of amides is 1. The maximum Gasteiger partial charge on any atom is 0.271 e. The lowest BCUT2D eigenvalue weighted by Crippen LogP contribution is -2.26. The molecule has 1 aromatic rings. The summed E-state index contributed by atoms with van der Waals surface area (Å²) >= 11 is 0. The van der Waals surface area contributed by atoms with Gasteiger partial charge in [-0.25, -0.2) is 0 Å². The van der Waals surface area contributed by atoms with Crippen molar-refractivity contribution in [3.63, 3.8) is 0 Å². The molecule has 0 bridgehead atoms. The molecule has 1 rings (SSSR count). The Kier molecular flexibility index (Phi) is 4.70. The van der Waals surface area contributed by atoms with Gasteiger partial charge in [-0.3, -0.25) is 4.79 Å². The maximum atomic E-state index is 11.5. The number of aryl methyl sites for hydroxylation is 1. The largest absolute Gasteiger partial charge is 0.385 e. The highest BCUT2D eigenvalue weighted by molar-refractivity contribution is 5.91. The highest BCUT2D eigenvalue weighted by atomic mass is 16.5. The molecule has 5 nitrogen and oxygen atoms in total. The zero-order valence-corrected chi connectivity index (χ0v) is 8.99. The number of ether oxygens (including phenoxy) is 1. The van der Waals surface area contributed by atoms with E-state index in [1.54, 1.807) is 19.2 Å². The SMILES string of the molecule is COCCCNC(=O)c1ccc(C)nn1. The predicted molar refractivity (Wildman–Crippen MR) is 55.6 cm³/mol. The normalized spacial score (nSPS) is 10.0. The van der Waals surface area contributed by atoms with Gasteiger partial charge in [-0.15, -0.1) is 5.10 Å². The van der Waals surface area contributed by atoms with E-state index in [-0.39, 0.29) is 5.91 Å². The van der Waals surface area contributed by atoms with Crippen LogP contribution in [0.4, 0.5) is 0 Å². The number of carbonyl (C=O) groups is 1. The Balaban J connectivity index is 2.37. The zero-order chi connectivity index (χ0) is 11.1. The molecule has 0 aliphatic rings. The highest BCUT2D eigenvalue weighted by Gasteiger charge is 2.05. The van der Waals surface area contributed by atoms with Crippen molar-refractivity contribution in [3.05, 3.63) is 23.5 Å². The van der Waals surface area contributed by atoms with Crippen molar-refractivity contribution in [1.82, 2.24) is 15.5 Å². The minimum atomic E-state index is -0.196.